The second-order valence-electron chi connectivity index (χ2n) is 5.37. The molecular weight excluding hydrogens is 244 g/mol. The van der Waals surface area contributed by atoms with Gasteiger partial charge >= 0.3 is 0 Å². The SMILES string of the molecule is COCCC1(CNc2ccc(C)cc2[N+](=O)[O-])CC1. The number of hydrogen-bond donors (Lipinski definition) is 1. The highest BCUT2D eigenvalue weighted by Gasteiger charge is 2.41. The summed E-state index contributed by atoms with van der Waals surface area (Å²) in [6.45, 7) is 3.38. The number of nitrogens with one attached hydrogen (secondary N) is 1. The summed E-state index contributed by atoms with van der Waals surface area (Å²) in [6, 6.07) is 5.29. The first kappa shape index (κ1) is 13.8. The summed E-state index contributed by atoms with van der Waals surface area (Å²) in [5.41, 5.74) is 1.94. The summed E-state index contributed by atoms with van der Waals surface area (Å²) in [4.78, 5) is 10.7. The predicted octanol–water partition coefficient (Wildman–Crippen LogP) is 3.13. The number of aryl methyl sites for hydroxylation is 1. The van der Waals surface area contributed by atoms with Gasteiger partial charge in [0.05, 0.1) is 4.92 Å². The molecule has 1 aliphatic rings. The zero-order valence-corrected chi connectivity index (χ0v) is 11.4. The maximum atomic E-state index is 11.0. The summed E-state index contributed by atoms with van der Waals surface area (Å²) in [6.07, 6.45) is 3.35. The van der Waals surface area contributed by atoms with E-state index in [2.05, 4.69) is 5.32 Å². The standard InChI is InChI=1S/C14H20N2O3/c1-11-3-4-12(13(9-11)16(17)18)15-10-14(5-6-14)7-8-19-2/h3-4,9,15H,5-8,10H2,1-2H3. The number of nitro benzene ring substituents is 1. The van der Waals surface area contributed by atoms with Gasteiger partial charge in [-0.1, -0.05) is 6.07 Å². The third kappa shape index (κ3) is 3.44. The number of nitro groups is 1. The fraction of sp³-hybridized carbons (Fsp3) is 0.571. The molecule has 0 unspecified atom stereocenters. The molecule has 1 N–H and O–H groups in total. The smallest absolute Gasteiger partial charge is 0.292 e. The van der Waals surface area contributed by atoms with Crippen molar-refractivity contribution in [3.8, 4) is 0 Å². The third-order valence-corrected chi connectivity index (χ3v) is 3.80. The lowest BCUT2D eigenvalue weighted by molar-refractivity contribution is -0.384. The molecule has 1 aromatic carbocycles. The largest absolute Gasteiger partial charge is 0.385 e. The number of hydrogen-bond acceptors (Lipinski definition) is 4. The summed E-state index contributed by atoms with van der Waals surface area (Å²) in [5.74, 6) is 0. The van der Waals surface area contributed by atoms with Crippen molar-refractivity contribution in [1.82, 2.24) is 0 Å². The maximum absolute atomic E-state index is 11.0. The minimum Gasteiger partial charge on any atom is -0.385 e. The van der Waals surface area contributed by atoms with E-state index in [1.807, 2.05) is 13.0 Å². The van der Waals surface area contributed by atoms with Crippen LogP contribution in [-0.2, 0) is 4.74 Å². The molecule has 2 rings (SSSR count). The highest BCUT2D eigenvalue weighted by molar-refractivity contribution is 5.62. The van der Waals surface area contributed by atoms with Crippen LogP contribution in [0.2, 0.25) is 0 Å². The number of nitrogens with zero attached hydrogens (tertiary/aromatic N) is 1. The molecule has 5 heteroatoms. The number of anilines is 1. The molecular formula is C14H20N2O3. The van der Waals surface area contributed by atoms with E-state index < -0.39 is 0 Å². The van der Waals surface area contributed by atoms with Gasteiger partial charge in [0.25, 0.3) is 5.69 Å². The van der Waals surface area contributed by atoms with Crippen LogP contribution in [0.5, 0.6) is 0 Å². The zero-order chi connectivity index (χ0) is 13.9. The molecule has 1 aromatic rings. The Morgan fingerprint density at radius 3 is 2.79 bits per heavy atom. The number of rotatable bonds is 7. The molecule has 19 heavy (non-hydrogen) atoms. The summed E-state index contributed by atoms with van der Waals surface area (Å²) in [7, 11) is 1.70. The Labute approximate surface area is 113 Å². The third-order valence-electron chi connectivity index (χ3n) is 3.80. The Morgan fingerprint density at radius 1 is 1.47 bits per heavy atom. The van der Waals surface area contributed by atoms with Gasteiger partial charge in [-0.15, -0.1) is 0 Å². The van der Waals surface area contributed by atoms with Gasteiger partial charge in [-0.3, -0.25) is 10.1 Å². The average molecular weight is 264 g/mol. The first-order valence-electron chi connectivity index (χ1n) is 6.54. The molecule has 0 bridgehead atoms. The van der Waals surface area contributed by atoms with Gasteiger partial charge < -0.3 is 10.1 Å². The van der Waals surface area contributed by atoms with Gasteiger partial charge in [0.15, 0.2) is 0 Å². The fourth-order valence-corrected chi connectivity index (χ4v) is 2.24. The van der Waals surface area contributed by atoms with Gasteiger partial charge in [-0.05, 0) is 43.2 Å². The van der Waals surface area contributed by atoms with E-state index in [9.17, 15) is 10.1 Å². The molecule has 1 saturated carbocycles. The lowest BCUT2D eigenvalue weighted by Crippen LogP contribution is -2.17. The zero-order valence-electron chi connectivity index (χ0n) is 11.4. The Hall–Kier alpha value is -1.62. The highest BCUT2D eigenvalue weighted by Crippen LogP contribution is 2.49. The summed E-state index contributed by atoms with van der Waals surface area (Å²) >= 11 is 0. The molecule has 0 saturated heterocycles. The summed E-state index contributed by atoms with van der Waals surface area (Å²) < 4.78 is 5.11. The minimum atomic E-state index is -0.329. The monoisotopic (exact) mass is 264 g/mol. The Morgan fingerprint density at radius 2 is 2.21 bits per heavy atom. The number of benzene rings is 1. The van der Waals surface area contributed by atoms with Crippen molar-refractivity contribution in [1.29, 1.82) is 0 Å². The van der Waals surface area contributed by atoms with Crippen LogP contribution in [0.1, 0.15) is 24.8 Å². The lowest BCUT2D eigenvalue weighted by Gasteiger charge is -2.16. The van der Waals surface area contributed by atoms with Crippen LogP contribution in [0, 0.1) is 22.5 Å². The first-order chi connectivity index (χ1) is 9.06. The highest BCUT2D eigenvalue weighted by atomic mass is 16.6. The van der Waals surface area contributed by atoms with Crippen LogP contribution in [-0.4, -0.2) is 25.2 Å². The van der Waals surface area contributed by atoms with E-state index in [1.54, 1.807) is 19.2 Å². The van der Waals surface area contributed by atoms with Crippen molar-refractivity contribution in [2.75, 3.05) is 25.6 Å². The molecule has 5 nitrogen and oxygen atoms in total. The first-order valence-corrected chi connectivity index (χ1v) is 6.54. The minimum absolute atomic E-state index is 0.155. The van der Waals surface area contributed by atoms with Crippen LogP contribution in [0.15, 0.2) is 18.2 Å². The molecule has 0 spiro atoms. The quantitative estimate of drug-likeness (QED) is 0.607. The van der Waals surface area contributed by atoms with Gasteiger partial charge in [0.1, 0.15) is 5.69 Å². The van der Waals surface area contributed by atoms with Crippen molar-refractivity contribution >= 4 is 11.4 Å². The van der Waals surface area contributed by atoms with Crippen LogP contribution < -0.4 is 5.32 Å². The van der Waals surface area contributed by atoms with Gasteiger partial charge in [0.2, 0.25) is 0 Å². The number of ether oxygens (including phenoxy) is 1. The Balaban J connectivity index is 2.01. The molecule has 0 aliphatic heterocycles. The van der Waals surface area contributed by atoms with Crippen molar-refractivity contribution in [3.63, 3.8) is 0 Å². The molecule has 0 aromatic heterocycles. The maximum Gasteiger partial charge on any atom is 0.292 e. The van der Waals surface area contributed by atoms with Crippen molar-refractivity contribution in [2.24, 2.45) is 5.41 Å². The van der Waals surface area contributed by atoms with Crippen LogP contribution in [0.4, 0.5) is 11.4 Å². The van der Waals surface area contributed by atoms with Crippen LogP contribution >= 0.6 is 0 Å². The van der Waals surface area contributed by atoms with Crippen molar-refractivity contribution < 1.29 is 9.66 Å². The van der Waals surface area contributed by atoms with Gasteiger partial charge in [-0.2, -0.15) is 0 Å². The summed E-state index contributed by atoms with van der Waals surface area (Å²) in [5, 5.41) is 14.3. The average Bonchev–Trinajstić information content (AvgIpc) is 3.15. The topological polar surface area (TPSA) is 64.4 Å². The van der Waals surface area contributed by atoms with Gasteiger partial charge in [0, 0.05) is 26.3 Å². The molecule has 0 heterocycles. The van der Waals surface area contributed by atoms with Crippen LogP contribution in [0.3, 0.4) is 0 Å². The second kappa shape index (κ2) is 5.57. The van der Waals surface area contributed by atoms with E-state index in [0.717, 1.165) is 25.1 Å². The molecule has 1 fully saturated rings. The van der Waals surface area contributed by atoms with Gasteiger partial charge in [-0.25, -0.2) is 0 Å². The Kier molecular flexibility index (Phi) is 4.04. The van der Waals surface area contributed by atoms with Crippen molar-refractivity contribution in [2.45, 2.75) is 26.2 Å². The molecule has 1 aliphatic carbocycles. The molecule has 104 valence electrons. The molecule has 0 atom stereocenters. The van der Waals surface area contributed by atoms with E-state index in [0.29, 0.717) is 5.69 Å². The lowest BCUT2D eigenvalue weighted by atomic mass is 10.0. The predicted molar refractivity (Wildman–Crippen MR) is 74.5 cm³/mol. The molecule has 0 radical (unpaired) electrons. The Bertz CT molecular complexity index is 470. The van der Waals surface area contributed by atoms with Crippen molar-refractivity contribution in [3.05, 3.63) is 33.9 Å². The number of methoxy groups -OCH3 is 1. The fourth-order valence-electron chi connectivity index (χ4n) is 2.24. The van der Waals surface area contributed by atoms with E-state index in [4.69, 9.17) is 4.74 Å². The van der Waals surface area contributed by atoms with E-state index in [1.165, 1.54) is 12.8 Å². The second-order valence-corrected chi connectivity index (χ2v) is 5.37. The van der Waals surface area contributed by atoms with E-state index >= 15 is 0 Å². The van der Waals surface area contributed by atoms with Crippen LogP contribution in [0.25, 0.3) is 0 Å². The normalized spacial score (nSPS) is 16.1. The van der Waals surface area contributed by atoms with E-state index in [-0.39, 0.29) is 16.0 Å². The molecule has 0 amide bonds.